The maximum absolute atomic E-state index is 5.48. The van der Waals surface area contributed by atoms with Crippen molar-refractivity contribution in [3.05, 3.63) is 42.0 Å². The van der Waals surface area contributed by atoms with Gasteiger partial charge in [0.25, 0.3) is 0 Å². The summed E-state index contributed by atoms with van der Waals surface area (Å²) in [5, 5.41) is 4.23. The van der Waals surface area contributed by atoms with Crippen LogP contribution in [0.15, 0.2) is 30.7 Å². The van der Waals surface area contributed by atoms with E-state index in [1.807, 2.05) is 37.8 Å². The number of pyridine rings is 1. The van der Waals surface area contributed by atoms with Crippen LogP contribution in [0.25, 0.3) is 16.9 Å². The van der Waals surface area contributed by atoms with Gasteiger partial charge < -0.3 is 9.14 Å². The summed E-state index contributed by atoms with van der Waals surface area (Å²) in [7, 11) is 3.66. The van der Waals surface area contributed by atoms with Crippen molar-refractivity contribution < 1.29 is 4.74 Å². The van der Waals surface area contributed by atoms with Crippen LogP contribution >= 0.6 is 0 Å². The smallest absolute Gasteiger partial charge is 0.142 e. The standard InChI is InChI=1S/C15H18N4O/c1-10-8-19-9-12(14-5-6-16-18(14)3)7-13(11(2)20-4)15(19)17-10/h5-9,11H,1-4H3/t11-/m1/s1. The molecule has 0 unspecified atom stereocenters. The molecule has 0 aliphatic rings. The highest BCUT2D eigenvalue weighted by molar-refractivity contribution is 5.65. The van der Waals surface area contributed by atoms with Crippen LogP contribution in [0, 0.1) is 6.92 Å². The first-order valence-corrected chi connectivity index (χ1v) is 6.60. The summed E-state index contributed by atoms with van der Waals surface area (Å²) in [5.41, 5.74) is 5.20. The van der Waals surface area contributed by atoms with E-state index in [4.69, 9.17) is 4.74 Å². The lowest BCUT2D eigenvalue weighted by molar-refractivity contribution is 0.120. The van der Waals surface area contributed by atoms with E-state index < -0.39 is 0 Å². The van der Waals surface area contributed by atoms with Crippen LogP contribution < -0.4 is 0 Å². The molecular formula is C15H18N4O. The van der Waals surface area contributed by atoms with Gasteiger partial charge in [0.2, 0.25) is 0 Å². The normalized spacial score (nSPS) is 13.0. The monoisotopic (exact) mass is 270 g/mol. The lowest BCUT2D eigenvalue weighted by Crippen LogP contribution is -2.02. The summed E-state index contributed by atoms with van der Waals surface area (Å²) < 4.78 is 9.41. The highest BCUT2D eigenvalue weighted by Gasteiger charge is 2.15. The van der Waals surface area contributed by atoms with E-state index in [1.54, 1.807) is 13.3 Å². The summed E-state index contributed by atoms with van der Waals surface area (Å²) in [6.07, 6.45) is 5.91. The zero-order valence-corrected chi connectivity index (χ0v) is 12.2. The number of ether oxygens (including phenoxy) is 1. The Bertz CT molecular complexity index is 756. The van der Waals surface area contributed by atoms with Crippen molar-refractivity contribution in [2.24, 2.45) is 7.05 Å². The van der Waals surface area contributed by atoms with Crippen LogP contribution in [0.1, 0.15) is 24.3 Å². The molecule has 5 nitrogen and oxygen atoms in total. The van der Waals surface area contributed by atoms with Crippen LogP contribution in [0.4, 0.5) is 0 Å². The summed E-state index contributed by atoms with van der Waals surface area (Å²) in [6, 6.07) is 4.14. The first-order chi connectivity index (χ1) is 9.60. The second-order valence-corrected chi connectivity index (χ2v) is 5.02. The molecule has 3 aromatic rings. The van der Waals surface area contributed by atoms with Gasteiger partial charge in [0.05, 0.1) is 17.5 Å². The Hall–Kier alpha value is -2.14. The first-order valence-electron chi connectivity index (χ1n) is 6.60. The average molecular weight is 270 g/mol. The van der Waals surface area contributed by atoms with Crippen molar-refractivity contribution in [1.29, 1.82) is 0 Å². The van der Waals surface area contributed by atoms with Crippen molar-refractivity contribution in [2.75, 3.05) is 7.11 Å². The largest absolute Gasteiger partial charge is 0.377 e. The predicted octanol–water partition coefficient (Wildman–Crippen LogP) is 2.75. The molecule has 5 heteroatoms. The summed E-state index contributed by atoms with van der Waals surface area (Å²) in [5.74, 6) is 0. The molecule has 0 bridgehead atoms. The van der Waals surface area contributed by atoms with Gasteiger partial charge in [-0.2, -0.15) is 5.10 Å². The van der Waals surface area contributed by atoms with E-state index >= 15 is 0 Å². The van der Waals surface area contributed by atoms with Gasteiger partial charge in [0.1, 0.15) is 5.65 Å². The molecule has 0 amide bonds. The van der Waals surface area contributed by atoms with Crippen LogP contribution in [-0.4, -0.2) is 26.3 Å². The predicted molar refractivity (Wildman–Crippen MR) is 77.6 cm³/mol. The Morgan fingerprint density at radius 1 is 1.30 bits per heavy atom. The van der Waals surface area contributed by atoms with Crippen molar-refractivity contribution in [3.63, 3.8) is 0 Å². The number of imidazole rings is 1. The van der Waals surface area contributed by atoms with E-state index in [0.29, 0.717) is 0 Å². The number of rotatable bonds is 3. The van der Waals surface area contributed by atoms with Gasteiger partial charge >= 0.3 is 0 Å². The minimum Gasteiger partial charge on any atom is -0.377 e. The summed E-state index contributed by atoms with van der Waals surface area (Å²) in [4.78, 5) is 4.59. The minimum atomic E-state index is -0.00697. The van der Waals surface area contributed by atoms with E-state index in [-0.39, 0.29) is 6.10 Å². The fourth-order valence-electron chi connectivity index (χ4n) is 2.47. The molecule has 0 N–H and O–H groups in total. The third-order valence-electron chi connectivity index (χ3n) is 3.61. The van der Waals surface area contributed by atoms with Crippen LogP contribution in [0.5, 0.6) is 0 Å². The third kappa shape index (κ3) is 2.00. The molecule has 3 rings (SSSR count). The zero-order valence-electron chi connectivity index (χ0n) is 12.2. The highest BCUT2D eigenvalue weighted by atomic mass is 16.5. The van der Waals surface area contributed by atoms with E-state index in [2.05, 4.69) is 26.7 Å². The van der Waals surface area contributed by atoms with Crippen molar-refractivity contribution in [2.45, 2.75) is 20.0 Å². The van der Waals surface area contributed by atoms with Crippen molar-refractivity contribution >= 4 is 5.65 Å². The SMILES string of the molecule is CO[C@H](C)c1cc(-c2ccnn2C)cn2cc(C)nc12. The number of aryl methyl sites for hydroxylation is 2. The molecular weight excluding hydrogens is 252 g/mol. The van der Waals surface area contributed by atoms with Gasteiger partial charge in [0, 0.05) is 43.9 Å². The van der Waals surface area contributed by atoms with Gasteiger partial charge in [-0.15, -0.1) is 0 Å². The molecule has 104 valence electrons. The van der Waals surface area contributed by atoms with Gasteiger partial charge in [-0.3, -0.25) is 4.68 Å². The first kappa shape index (κ1) is 12.9. The molecule has 0 radical (unpaired) electrons. The van der Waals surface area contributed by atoms with Gasteiger partial charge in [-0.1, -0.05) is 0 Å². The Kier molecular flexibility index (Phi) is 3.06. The Morgan fingerprint density at radius 3 is 2.75 bits per heavy atom. The van der Waals surface area contributed by atoms with Crippen molar-refractivity contribution in [3.8, 4) is 11.3 Å². The fourth-order valence-corrected chi connectivity index (χ4v) is 2.47. The van der Waals surface area contributed by atoms with E-state index in [1.165, 1.54) is 0 Å². The molecule has 20 heavy (non-hydrogen) atoms. The molecule has 0 aromatic carbocycles. The summed E-state index contributed by atoms with van der Waals surface area (Å²) in [6.45, 7) is 4.03. The number of methoxy groups -OCH3 is 1. The number of fused-ring (bicyclic) bond motifs is 1. The average Bonchev–Trinajstić information content (AvgIpc) is 3.01. The lowest BCUT2D eigenvalue weighted by atomic mass is 10.1. The molecule has 0 saturated carbocycles. The summed E-state index contributed by atoms with van der Waals surface area (Å²) >= 11 is 0. The zero-order chi connectivity index (χ0) is 14.3. The molecule has 0 spiro atoms. The number of hydrogen-bond donors (Lipinski definition) is 0. The minimum absolute atomic E-state index is 0.00697. The third-order valence-corrected chi connectivity index (χ3v) is 3.61. The van der Waals surface area contributed by atoms with E-state index in [0.717, 1.165) is 28.2 Å². The molecule has 1 atom stereocenters. The topological polar surface area (TPSA) is 44.4 Å². The van der Waals surface area contributed by atoms with Crippen LogP contribution in [0.2, 0.25) is 0 Å². The fraction of sp³-hybridized carbons (Fsp3) is 0.333. The van der Waals surface area contributed by atoms with Crippen molar-refractivity contribution in [1.82, 2.24) is 19.2 Å². The molecule has 0 fully saturated rings. The number of hydrogen-bond acceptors (Lipinski definition) is 3. The molecule has 3 aromatic heterocycles. The quantitative estimate of drug-likeness (QED) is 0.735. The number of aromatic nitrogens is 4. The molecule has 0 aliphatic heterocycles. The Morgan fingerprint density at radius 2 is 2.10 bits per heavy atom. The van der Waals surface area contributed by atoms with Crippen LogP contribution in [-0.2, 0) is 11.8 Å². The molecule has 0 aliphatic carbocycles. The molecule has 3 heterocycles. The maximum Gasteiger partial charge on any atom is 0.142 e. The lowest BCUT2D eigenvalue weighted by Gasteiger charge is -2.13. The number of nitrogens with zero attached hydrogens (tertiary/aromatic N) is 4. The van der Waals surface area contributed by atoms with E-state index in [9.17, 15) is 0 Å². The van der Waals surface area contributed by atoms with Gasteiger partial charge in [0.15, 0.2) is 0 Å². The Balaban J connectivity index is 2.27. The second kappa shape index (κ2) is 4.76. The Labute approximate surface area is 117 Å². The maximum atomic E-state index is 5.48. The highest BCUT2D eigenvalue weighted by Crippen LogP contribution is 2.27. The second-order valence-electron chi connectivity index (χ2n) is 5.02. The van der Waals surface area contributed by atoms with Crippen LogP contribution in [0.3, 0.4) is 0 Å². The van der Waals surface area contributed by atoms with Gasteiger partial charge in [-0.25, -0.2) is 4.98 Å². The molecule has 0 saturated heterocycles. The van der Waals surface area contributed by atoms with Gasteiger partial charge in [-0.05, 0) is 26.0 Å².